The maximum absolute atomic E-state index is 6.04. The smallest absolute Gasteiger partial charge is 0.243 e. The van der Waals surface area contributed by atoms with E-state index in [4.69, 9.17) is 11.6 Å². The summed E-state index contributed by atoms with van der Waals surface area (Å²) in [6, 6.07) is 17.0. The Morgan fingerprint density at radius 1 is 1.04 bits per heavy atom. The van der Waals surface area contributed by atoms with E-state index < -0.39 is 0 Å². The fourth-order valence-electron chi connectivity index (χ4n) is 3.33. The standard InChI is InChI=1S/C19H20ClN5/c1-12(2)13-3-5-14(6-4-13)17-11-18(15-7-9-16(20)10-8-15)25-19(21-17)22-23-24-25/h3-10,12,17-18H,11H2,1-2H3,(H,21,22,24)/t17-,18-/m0/s1. The van der Waals surface area contributed by atoms with E-state index in [-0.39, 0.29) is 12.1 Å². The predicted molar refractivity (Wildman–Crippen MR) is 98.9 cm³/mol. The molecule has 128 valence electrons. The second kappa shape index (κ2) is 6.48. The highest BCUT2D eigenvalue weighted by Gasteiger charge is 2.30. The van der Waals surface area contributed by atoms with Crippen LogP contribution < -0.4 is 5.32 Å². The Morgan fingerprint density at radius 2 is 1.72 bits per heavy atom. The lowest BCUT2D eigenvalue weighted by Crippen LogP contribution is -2.28. The van der Waals surface area contributed by atoms with Gasteiger partial charge in [-0.25, -0.2) is 4.68 Å². The van der Waals surface area contributed by atoms with Crippen LogP contribution >= 0.6 is 11.6 Å². The van der Waals surface area contributed by atoms with Crippen LogP contribution in [0.15, 0.2) is 48.5 Å². The zero-order valence-corrected chi connectivity index (χ0v) is 15.0. The fourth-order valence-corrected chi connectivity index (χ4v) is 3.46. The molecule has 1 N–H and O–H groups in total. The third-order valence-electron chi connectivity index (χ3n) is 4.81. The zero-order valence-electron chi connectivity index (χ0n) is 14.2. The van der Waals surface area contributed by atoms with Crippen molar-refractivity contribution in [2.24, 2.45) is 0 Å². The van der Waals surface area contributed by atoms with Crippen LogP contribution in [0.25, 0.3) is 0 Å². The minimum absolute atomic E-state index is 0.0818. The van der Waals surface area contributed by atoms with Gasteiger partial charge in [0, 0.05) is 5.02 Å². The Balaban J connectivity index is 1.67. The van der Waals surface area contributed by atoms with Crippen LogP contribution in [0.1, 0.15) is 55.0 Å². The van der Waals surface area contributed by atoms with Crippen molar-refractivity contribution >= 4 is 17.5 Å². The van der Waals surface area contributed by atoms with Crippen molar-refractivity contribution in [1.82, 2.24) is 20.2 Å². The van der Waals surface area contributed by atoms with Gasteiger partial charge in [0.15, 0.2) is 0 Å². The molecule has 25 heavy (non-hydrogen) atoms. The minimum atomic E-state index is 0.0818. The third-order valence-corrected chi connectivity index (χ3v) is 5.06. The van der Waals surface area contributed by atoms with Crippen LogP contribution in [-0.2, 0) is 0 Å². The largest absolute Gasteiger partial charge is 0.346 e. The van der Waals surface area contributed by atoms with Crippen LogP contribution in [-0.4, -0.2) is 20.2 Å². The molecule has 2 aromatic carbocycles. The van der Waals surface area contributed by atoms with E-state index in [1.165, 1.54) is 11.1 Å². The molecule has 1 aliphatic heterocycles. The molecule has 1 aliphatic rings. The topological polar surface area (TPSA) is 55.6 Å². The van der Waals surface area contributed by atoms with Gasteiger partial charge in [-0.1, -0.05) is 66.9 Å². The molecule has 0 amide bonds. The summed E-state index contributed by atoms with van der Waals surface area (Å²) in [5.41, 5.74) is 3.75. The van der Waals surface area contributed by atoms with Gasteiger partial charge in [-0.2, -0.15) is 0 Å². The number of fused-ring (bicyclic) bond motifs is 1. The maximum atomic E-state index is 6.04. The van der Waals surface area contributed by atoms with Crippen LogP contribution in [0.4, 0.5) is 5.95 Å². The molecule has 0 spiro atoms. The molecule has 0 unspecified atom stereocenters. The maximum Gasteiger partial charge on any atom is 0.243 e. The summed E-state index contributed by atoms with van der Waals surface area (Å²) in [7, 11) is 0. The number of nitrogens with zero attached hydrogens (tertiary/aromatic N) is 4. The first-order valence-electron chi connectivity index (χ1n) is 8.51. The lowest BCUT2D eigenvalue weighted by atomic mass is 9.92. The van der Waals surface area contributed by atoms with Crippen LogP contribution in [0.3, 0.4) is 0 Å². The molecule has 4 rings (SSSR count). The molecule has 1 aromatic heterocycles. The quantitative estimate of drug-likeness (QED) is 0.747. The normalized spacial score (nSPS) is 19.5. The molecular formula is C19H20ClN5. The molecule has 0 fully saturated rings. The number of rotatable bonds is 3. The highest BCUT2D eigenvalue weighted by Crippen LogP contribution is 2.37. The molecule has 2 heterocycles. The second-order valence-corrected chi connectivity index (χ2v) is 7.20. The van der Waals surface area contributed by atoms with Gasteiger partial charge in [-0.15, -0.1) is 0 Å². The van der Waals surface area contributed by atoms with Gasteiger partial charge in [0.2, 0.25) is 5.95 Å². The highest BCUT2D eigenvalue weighted by atomic mass is 35.5. The summed E-state index contributed by atoms with van der Waals surface area (Å²) >= 11 is 6.04. The molecule has 0 saturated heterocycles. The average Bonchev–Trinajstić information content (AvgIpc) is 3.10. The van der Waals surface area contributed by atoms with Gasteiger partial charge < -0.3 is 5.32 Å². The molecular weight excluding hydrogens is 334 g/mol. The molecule has 5 nitrogen and oxygen atoms in total. The van der Waals surface area contributed by atoms with E-state index in [2.05, 4.69) is 59.0 Å². The molecule has 3 aromatic rings. The number of nitrogens with one attached hydrogen (secondary N) is 1. The monoisotopic (exact) mass is 353 g/mol. The zero-order chi connectivity index (χ0) is 17.4. The summed E-state index contributed by atoms with van der Waals surface area (Å²) in [4.78, 5) is 0. The number of anilines is 1. The second-order valence-electron chi connectivity index (χ2n) is 6.77. The summed E-state index contributed by atoms with van der Waals surface area (Å²) < 4.78 is 1.85. The number of halogens is 1. The Bertz CT molecular complexity index is 854. The van der Waals surface area contributed by atoms with E-state index >= 15 is 0 Å². The van der Waals surface area contributed by atoms with Gasteiger partial charge >= 0.3 is 0 Å². The van der Waals surface area contributed by atoms with Crippen molar-refractivity contribution in [3.63, 3.8) is 0 Å². The Morgan fingerprint density at radius 3 is 2.40 bits per heavy atom. The van der Waals surface area contributed by atoms with E-state index in [9.17, 15) is 0 Å². The van der Waals surface area contributed by atoms with Crippen molar-refractivity contribution < 1.29 is 0 Å². The van der Waals surface area contributed by atoms with Gasteiger partial charge in [-0.3, -0.25) is 0 Å². The summed E-state index contributed by atoms with van der Waals surface area (Å²) in [6.45, 7) is 4.41. The summed E-state index contributed by atoms with van der Waals surface area (Å²) in [5, 5.41) is 16.3. The lowest BCUT2D eigenvalue weighted by molar-refractivity contribution is 0.424. The Hall–Kier alpha value is -2.40. The summed E-state index contributed by atoms with van der Waals surface area (Å²) in [5.74, 6) is 1.23. The van der Waals surface area contributed by atoms with Gasteiger partial charge in [0.25, 0.3) is 0 Å². The van der Waals surface area contributed by atoms with Crippen molar-refractivity contribution in [3.8, 4) is 0 Å². The lowest BCUT2D eigenvalue weighted by Gasteiger charge is -2.31. The SMILES string of the molecule is CC(C)c1ccc([C@@H]2C[C@@H](c3ccc(Cl)cc3)n3nnnc3N2)cc1. The van der Waals surface area contributed by atoms with Crippen molar-refractivity contribution in [1.29, 1.82) is 0 Å². The van der Waals surface area contributed by atoms with Crippen LogP contribution in [0.5, 0.6) is 0 Å². The van der Waals surface area contributed by atoms with Gasteiger partial charge in [-0.05, 0) is 51.6 Å². The highest BCUT2D eigenvalue weighted by molar-refractivity contribution is 6.30. The summed E-state index contributed by atoms with van der Waals surface area (Å²) in [6.07, 6.45) is 0.876. The number of tetrazole rings is 1. The number of aromatic nitrogens is 4. The van der Waals surface area contributed by atoms with Crippen LogP contribution in [0.2, 0.25) is 5.02 Å². The third kappa shape index (κ3) is 3.12. The van der Waals surface area contributed by atoms with E-state index in [0.717, 1.165) is 17.0 Å². The fraction of sp³-hybridized carbons (Fsp3) is 0.316. The van der Waals surface area contributed by atoms with E-state index in [1.54, 1.807) is 0 Å². The van der Waals surface area contributed by atoms with E-state index in [0.29, 0.717) is 11.9 Å². The van der Waals surface area contributed by atoms with Crippen LogP contribution in [0, 0.1) is 0 Å². The molecule has 0 bridgehead atoms. The Labute approximate surface area is 152 Å². The molecule has 0 aliphatic carbocycles. The van der Waals surface area contributed by atoms with Crippen molar-refractivity contribution in [2.45, 2.75) is 38.3 Å². The number of hydrogen-bond donors (Lipinski definition) is 1. The first kappa shape index (κ1) is 16.1. The molecule has 0 radical (unpaired) electrons. The first-order valence-corrected chi connectivity index (χ1v) is 8.89. The Kier molecular flexibility index (Phi) is 4.17. The minimum Gasteiger partial charge on any atom is -0.346 e. The number of benzene rings is 2. The van der Waals surface area contributed by atoms with Gasteiger partial charge in [0.1, 0.15) is 0 Å². The van der Waals surface area contributed by atoms with Gasteiger partial charge in [0.05, 0.1) is 12.1 Å². The van der Waals surface area contributed by atoms with Crippen molar-refractivity contribution in [3.05, 3.63) is 70.2 Å². The molecule has 0 saturated carbocycles. The first-order chi connectivity index (χ1) is 12.1. The predicted octanol–water partition coefficient (Wildman–Crippen LogP) is 4.60. The van der Waals surface area contributed by atoms with E-state index in [1.807, 2.05) is 28.9 Å². The molecule has 2 atom stereocenters. The molecule has 6 heteroatoms. The number of hydrogen-bond acceptors (Lipinski definition) is 4. The average molecular weight is 354 g/mol. The van der Waals surface area contributed by atoms with Crippen molar-refractivity contribution in [2.75, 3.05) is 5.32 Å².